The second kappa shape index (κ2) is 13.1. The molecular formula is C21H29IN4O. The second-order valence-electron chi connectivity index (χ2n) is 6.19. The molecule has 27 heavy (non-hydrogen) atoms. The molecule has 0 heterocycles. The van der Waals surface area contributed by atoms with Gasteiger partial charge in [-0.3, -0.25) is 9.79 Å². The lowest BCUT2D eigenvalue weighted by Gasteiger charge is -2.18. The Bertz CT molecular complexity index is 692. The maximum atomic E-state index is 12.0. The van der Waals surface area contributed by atoms with E-state index in [1.807, 2.05) is 24.3 Å². The summed E-state index contributed by atoms with van der Waals surface area (Å²) in [5, 5.41) is 9.51. The molecule has 6 heteroatoms. The Kier molecular flexibility index (Phi) is 11.2. The summed E-state index contributed by atoms with van der Waals surface area (Å²) in [6, 6.07) is 20.0. The molecule has 146 valence electrons. The topological polar surface area (TPSA) is 65.5 Å². The van der Waals surface area contributed by atoms with Crippen LogP contribution >= 0.6 is 24.0 Å². The first-order chi connectivity index (χ1) is 12.7. The van der Waals surface area contributed by atoms with E-state index in [0.717, 1.165) is 18.8 Å². The van der Waals surface area contributed by atoms with Gasteiger partial charge in [0.1, 0.15) is 0 Å². The Labute approximate surface area is 179 Å². The van der Waals surface area contributed by atoms with E-state index in [9.17, 15) is 4.79 Å². The molecule has 2 aromatic rings. The van der Waals surface area contributed by atoms with Crippen molar-refractivity contribution in [2.24, 2.45) is 4.99 Å². The van der Waals surface area contributed by atoms with Gasteiger partial charge in [-0.15, -0.1) is 24.0 Å². The van der Waals surface area contributed by atoms with Crippen molar-refractivity contribution < 1.29 is 4.79 Å². The van der Waals surface area contributed by atoms with E-state index in [1.54, 1.807) is 19.2 Å². The van der Waals surface area contributed by atoms with Crippen LogP contribution in [0.2, 0.25) is 0 Å². The first-order valence-corrected chi connectivity index (χ1v) is 9.03. The first kappa shape index (κ1) is 23.0. The van der Waals surface area contributed by atoms with Gasteiger partial charge in [0.2, 0.25) is 0 Å². The predicted octanol–water partition coefficient (Wildman–Crippen LogP) is 3.22. The number of hydrogen-bond acceptors (Lipinski definition) is 2. The van der Waals surface area contributed by atoms with Crippen LogP contribution in [0.4, 0.5) is 0 Å². The van der Waals surface area contributed by atoms with Gasteiger partial charge in [0, 0.05) is 31.7 Å². The van der Waals surface area contributed by atoms with Crippen molar-refractivity contribution in [2.75, 3.05) is 20.1 Å². The number of aliphatic imine (C=N–C) groups is 1. The lowest BCUT2D eigenvalue weighted by atomic mass is 10.1. The van der Waals surface area contributed by atoms with E-state index < -0.39 is 0 Å². The minimum absolute atomic E-state index is 0. The van der Waals surface area contributed by atoms with Crippen LogP contribution in [-0.4, -0.2) is 38.0 Å². The summed E-state index contributed by atoms with van der Waals surface area (Å²) in [4.78, 5) is 16.2. The van der Waals surface area contributed by atoms with Crippen molar-refractivity contribution in [3.8, 4) is 0 Å². The number of carbonyl (C=O) groups is 1. The van der Waals surface area contributed by atoms with Gasteiger partial charge in [0.25, 0.3) is 5.91 Å². The molecule has 3 N–H and O–H groups in total. The zero-order valence-corrected chi connectivity index (χ0v) is 18.3. The average Bonchev–Trinajstić information content (AvgIpc) is 2.70. The Morgan fingerprint density at radius 2 is 1.56 bits per heavy atom. The van der Waals surface area contributed by atoms with Gasteiger partial charge in [-0.05, 0) is 37.5 Å². The highest BCUT2D eigenvalue weighted by Gasteiger charge is 2.06. The molecule has 0 aromatic heterocycles. The van der Waals surface area contributed by atoms with E-state index in [1.165, 1.54) is 5.56 Å². The molecule has 0 saturated heterocycles. The molecule has 1 atom stereocenters. The third-order valence-electron chi connectivity index (χ3n) is 4.05. The number of nitrogens with zero attached hydrogens (tertiary/aromatic N) is 1. The van der Waals surface area contributed by atoms with E-state index >= 15 is 0 Å². The Hall–Kier alpha value is -2.09. The highest BCUT2D eigenvalue weighted by atomic mass is 127. The van der Waals surface area contributed by atoms with Crippen molar-refractivity contribution in [3.05, 3.63) is 71.8 Å². The largest absolute Gasteiger partial charge is 0.355 e. The number of rotatable bonds is 8. The van der Waals surface area contributed by atoms with Crippen LogP contribution in [0, 0.1) is 0 Å². The number of carbonyl (C=O) groups excluding carboxylic acids is 1. The number of nitrogens with one attached hydrogen (secondary N) is 3. The van der Waals surface area contributed by atoms with Crippen LogP contribution in [0.1, 0.15) is 29.3 Å². The smallest absolute Gasteiger partial charge is 0.251 e. The average molecular weight is 480 g/mol. The molecule has 0 spiro atoms. The molecule has 2 aromatic carbocycles. The van der Waals surface area contributed by atoms with Crippen LogP contribution in [-0.2, 0) is 6.42 Å². The molecule has 0 fully saturated rings. The maximum Gasteiger partial charge on any atom is 0.251 e. The number of benzene rings is 2. The molecule has 0 aliphatic carbocycles. The molecule has 0 aliphatic heterocycles. The van der Waals surface area contributed by atoms with Crippen LogP contribution in [0.3, 0.4) is 0 Å². The van der Waals surface area contributed by atoms with Crippen LogP contribution in [0.25, 0.3) is 0 Å². The number of guanidine groups is 1. The van der Waals surface area contributed by atoms with Crippen molar-refractivity contribution in [2.45, 2.75) is 25.8 Å². The number of amides is 1. The Morgan fingerprint density at radius 3 is 2.19 bits per heavy atom. The SMILES string of the molecule is CN=C(NCCNC(=O)c1ccccc1)NC(C)CCc1ccccc1.I. The van der Waals surface area contributed by atoms with E-state index in [0.29, 0.717) is 24.7 Å². The maximum absolute atomic E-state index is 12.0. The number of hydrogen-bond donors (Lipinski definition) is 3. The molecule has 5 nitrogen and oxygen atoms in total. The van der Waals surface area contributed by atoms with Crippen LogP contribution in [0.5, 0.6) is 0 Å². The van der Waals surface area contributed by atoms with Crippen molar-refractivity contribution in [1.29, 1.82) is 0 Å². The summed E-state index contributed by atoms with van der Waals surface area (Å²) in [6.07, 6.45) is 2.05. The van der Waals surface area contributed by atoms with Gasteiger partial charge >= 0.3 is 0 Å². The minimum Gasteiger partial charge on any atom is -0.355 e. The fourth-order valence-corrected chi connectivity index (χ4v) is 2.58. The van der Waals surface area contributed by atoms with Gasteiger partial charge < -0.3 is 16.0 Å². The van der Waals surface area contributed by atoms with Gasteiger partial charge in [-0.1, -0.05) is 48.5 Å². The minimum atomic E-state index is -0.0634. The van der Waals surface area contributed by atoms with Gasteiger partial charge in [-0.2, -0.15) is 0 Å². The summed E-state index contributed by atoms with van der Waals surface area (Å²) in [7, 11) is 1.75. The van der Waals surface area contributed by atoms with Gasteiger partial charge in [0.05, 0.1) is 0 Å². The second-order valence-corrected chi connectivity index (χ2v) is 6.19. The predicted molar refractivity (Wildman–Crippen MR) is 123 cm³/mol. The fourth-order valence-electron chi connectivity index (χ4n) is 2.58. The molecule has 0 aliphatic rings. The molecule has 1 unspecified atom stereocenters. The lowest BCUT2D eigenvalue weighted by Crippen LogP contribution is -2.45. The monoisotopic (exact) mass is 480 g/mol. The molecule has 1 amide bonds. The summed E-state index contributed by atoms with van der Waals surface area (Å²) in [5.74, 6) is 0.686. The quantitative estimate of drug-likeness (QED) is 0.235. The third kappa shape index (κ3) is 8.90. The highest BCUT2D eigenvalue weighted by molar-refractivity contribution is 14.0. The molecule has 2 rings (SSSR count). The third-order valence-corrected chi connectivity index (χ3v) is 4.05. The zero-order valence-electron chi connectivity index (χ0n) is 15.9. The number of aryl methyl sites for hydroxylation is 1. The fraction of sp³-hybridized carbons (Fsp3) is 0.333. The van der Waals surface area contributed by atoms with Gasteiger partial charge in [-0.25, -0.2) is 0 Å². The van der Waals surface area contributed by atoms with Crippen LogP contribution in [0.15, 0.2) is 65.7 Å². The van der Waals surface area contributed by atoms with Crippen molar-refractivity contribution in [3.63, 3.8) is 0 Å². The lowest BCUT2D eigenvalue weighted by molar-refractivity contribution is 0.0954. The van der Waals surface area contributed by atoms with E-state index in [4.69, 9.17) is 0 Å². The summed E-state index contributed by atoms with van der Waals surface area (Å²) in [5.41, 5.74) is 2.01. The Balaban J connectivity index is 0.00000364. The summed E-state index contributed by atoms with van der Waals surface area (Å²) in [6.45, 7) is 3.30. The molecule has 0 saturated carbocycles. The summed E-state index contributed by atoms with van der Waals surface area (Å²) < 4.78 is 0. The van der Waals surface area contributed by atoms with E-state index in [2.05, 4.69) is 52.1 Å². The zero-order chi connectivity index (χ0) is 18.6. The molecule has 0 radical (unpaired) electrons. The molecule has 0 bridgehead atoms. The normalized spacial score (nSPS) is 11.9. The Morgan fingerprint density at radius 1 is 0.963 bits per heavy atom. The van der Waals surface area contributed by atoms with E-state index in [-0.39, 0.29) is 29.9 Å². The first-order valence-electron chi connectivity index (χ1n) is 9.03. The molecular weight excluding hydrogens is 451 g/mol. The van der Waals surface area contributed by atoms with Crippen molar-refractivity contribution >= 4 is 35.8 Å². The number of halogens is 1. The highest BCUT2D eigenvalue weighted by Crippen LogP contribution is 2.04. The van der Waals surface area contributed by atoms with Crippen LogP contribution < -0.4 is 16.0 Å². The van der Waals surface area contributed by atoms with Gasteiger partial charge in [0.15, 0.2) is 5.96 Å². The van der Waals surface area contributed by atoms with Crippen molar-refractivity contribution in [1.82, 2.24) is 16.0 Å². The summed E-state index contributed by atoms with van der Waals surface area (Å²) >= 11 is 0. The standard InChI is InChI=1S/C21H28N4O.HI/c1-17(13-14-18-9-5-3-6-10-18)25-21(22-2)24-16-15-23-20(26)19-11-7-4-8-12-19;/h3-12,17H,13-16H2,1-2H3,(H,23,26)(H2,22,24,25);1H.